The van der Waals surface area contributed by atoms with Crippen LogP contribution in [-0.2, 0) is 4.74 Å². The summed E-state index contributed by atoms with van der Waals surface area (Å²) >= 11 is 0. The third-order valence-corrected chi connectivity index (χ3v) is 1.74. The van der Waals surface area contributed by atoms with Crippen molar-refractivity contribution >= 4 is 11.8 Å². The van der Waals surface area contributed by atoms with Gasteiger partial charge in [-0.3, -0.25) is 5.32 Å². The van der Waals surface area contributed by atoms with E-state index in [1.54, 1.807) is 6.92 Å². The molecule has 1 rings (SSSR count). The van der Waals surface area contributed by atoms with Crippen LogP contribution in [-0.4, -0.2) is 19.8 Å². The van der Waals surface area contributed by atoms with Crippen molar-refractivity contribution in [1.29, 1.82) is 0 Å². The Bertz CT molecular complexity index is 396. The lowest BCUT2D eigenvalue weighted by Crippen LogP contribution is -2.15. The molecule has 0 unspecified atom stereocenters. The first kappa shape index (κ1) is 12.2. The summed E-state index contributed by atoms with van der Waals surface area (Å²) < 4.78 is 35.4. The molecule has 0 fully saturated rings. The Morgan fingerprint density at radius 1 is 1.44 bits per heavy atom. The molecule has 0 bridgehead atoms. The second-order valence-corrected chi connectivity index (χ2v) is 2.81. The number of hydrogen-bond donors (Lipinski definition) is 1. The van der Waals surface area contributed by atoms with Crippen LogP contribution in [0.5, 0.6) is 5.75 Å². The van der Waals surface area contributed by atoms with Gasteiger partial charge in [-0.1, -0.05) is 0 Å². The highest BCUT2D eigenvalue weighted by atomic mass is 19.1. The van der Waals surface area contributed by atoms with Gasteiger partial charge in [0.05, 0.1) is 13.7 Å². The van der Waals surface area contributed by atoms with Gasteiger partial charge in [0.1, 0.15) is 17.3 Å². The molecule has 0 spiro atoms. The Labute approximate surface area is 91.2 Å². The Kier molecular flexibility index (Phi) is 4.04. The molecule has 0 aliphatic carbocycles. The number of methoxy groups -OCH3 is 1. The number of carbonyl (C=O) groups excluding carboxylic acids is 1. The number of benzene rings is 1. The highest BCUT2D eigenvalue weighted by molar-refractivity contribution is 5.86. The molecule has 16 heavy (non-hydrogen) atoms. The maximum absolute atomic E-state index is 13.3. The van der Waals surface area contributed by atoms with Crippen molar-refractivity contribution in [2.24, 2.45) is 0 Å². The molecule has 0 aromatic heterocycles. The second-order valence-electron chi connectivity index (χ2n) is 2.81. The quantitative estimate of drug-likeness (QED) is 0.869. The summed E-state index contributed by atoms with van der Waals surface area (Å²) in [6, 6.07) is 1.61. The van der Waals surface area contributed by atoms with Crippen LogP contribution < -0.4 is 10.1 Å². The van der Waals surface area contributed by atoms with Gasteiger partial charge < -0.3 is 9.47 Å². The fourth-order valence-corrected chi connectivity index (χ4v) is 1.10. The first-order chi connectivity index (χ1) is 7.58. The predicted octanol–water partition coefficient (Wildman–Crippen LogP) is 2.54. The summed E-state index contributed by atoms with van der Waals surface area (Å²) in [4.78, 5) is 11.1. The summed E-state index contributed by atoms with van der Waals surface area (Å²) in [5.41, 5.74) is -0.248. The number of rotatable bonds is 3. The summed E-state index contributed by atoms with van der Waals surface area (Å²) in [5.74, 6) is -1.82. The molecule has 0 aliphatic heterocycles. The summed E-state index contributed by atoms with van der Waals surface area (Å²) in [5, 5.41) is 2.13. The molecular weight excluding hydrogens is 220 g/mol. The molecule has 1 aromatic rings. The van der Waals surface area contributed by atoms with E-state index in [0.29, 0.717) is 6.07 Å². The average molecular weight is 231 g/mol. The Morgan fingerprint density at radius 2 is 2.12 bits per heavy atom. The van der Waals surface area contributed by atoms with Gasteiger partial charge in [-0.15, -0.1) is 0 Å². The monoisotopic (exact) mass is 231 g/mol. The molecule has 88 valence electrons. The minimum Gasteiger partial charge on any atom is -0.494 e. The topological polar surface area (TPSA) is 47.6 Å². The molecule has 0 saturated heterocycles. The van der Waals surface area contributed by atoms with E-state index < -0.39 is 17.7 Å². The van der Waals surface area contributed by atoms with Gasteiger partial charge in [0.15, 0.2) is 5.82 Å². The van der Waals surface area contributed by atoms with Crippen molar-refractivity contribution in [2.75, 3.05) is 19.0 Å². The van der Waals surface area contributed by atoms with Crippen LogP contribution in [0, 0.1) is 11.6 Å². The number of anilines is 1. The molecule has 1 aromatic carbocycles. The van der Waals surface area contributed by atoms with Gasteiger partial charge in [-0.05, 0) is 6.92 Å². The molecule has 1 amide bonds. The molecule has 0 atom stereocenters. The first-order valence-electron chi connectivity index (χ1n) is 4.55. The van der Waals surface area contributed by atoms with E-state index in [9.17, 15) is 13.6 Å². The zero-order valence-corrected chi connectivity index (χ0v) is 8.84. The lowest BCUT2D eigenvalue weighted by Gasteiger charge is -2.10. The number of halogens is 2. The summed E-state index contributed by atoms with van der Waals surface area (Å²) in [6.45, 7) is 1.76. The molecule has 0 radical (unpaired) electrons. The normalized spacial score (nSPS) is 9.75. The highest BCUT2D eigenvalue weighted by Crippen LogP contribution is 2.28. The van der Waals surface area contributed by atoms with Crippen molar-refractivity contribution < 1.29 is 23.0 Å². The van der Waals surface area contributed by atoms with Gasteiger partial charge in [0.25, 0.3) is 0 Å². The Balaban J connectivity index is 2.98. The first-order valence-corrected chi connectivity index (χ1v) is 4.55. The third kappa shape index (κ3) is 2.82. The van der Waals surface area contributed by atoms with Gasteiger partial charge in [-0.2, -0.15) is 0 Å². The molecule has 0 heterocycles. The maximum Gasteiger partial charge on any atom is 0.411 e. The largest absolute Gasteiger partial charge is 0.494 e. The third-order valence-electron chi connectivity index (χ3n) is 1.74. The SMILES string of the molecule is CCOC(=O)Nc1c(F)cc(F)cc1OC. The fourth-order valence-electron chi connectivity index (χ4n) is 1.10. The number of carbonyl (C=O) groups is 1. The minimum atomic E-state index is -0.926. The van der Waals surface area contributed by atoms with E-state index >= 15 is 0 Å². The van der Waals surface area contributed by atoms with E-state index in [1.807, 2.05) is 0 Å². The maximum atomic E-state index is 13.3. The van der Waals surface area contributed by atoms with Crippen LogP contribution in [0.1, 0.15) is 6.92 Å². The minimum absolute atomic E-state index is 0.106. The van der Waals surface area contributed by atoms with Gasteiger partial charge in [-0.25, -0.2) is 13.6 Å². The molecule has 0 saturated carbocycles. The zero-order valence-electron chi connectivity index (χ0n) is 8.84. The van der Waals surface area contributed by atoms with Crippen LogP contribution in [0.3, 0.4) is 0 Å². The van der Waals surface area contributed by atoms with Crippen molar-refractivity contribution in [1.82, 2.24) is 0 Å². The van der Waals surface area contributed by atoms with Gasteiger partial charge >= 0.3 is 6.09 Å². The van der Waals surface area contributed by atoms with E-state index in [-0.39, 0.29) is 18.0 Å². The number of nitrogens with one attached hydrogen (secondary N) is 1. The highest BCUT2D eigenvalue weighted by Gasteiger charge is 2.15. The van der Waals surface area contributed by atoms with Crippen molar-refractivity contribution in [2.45, 2.75) is 6.92 Å². The lowest BCUT2D eigenvalue weighted by atomic mass is 10.2. The Hall–Kier alpha value is -1.85. The van der Waals surface area contributed by atoms with Gasteiger partial charge in [0.2, 0.25) is 0 Å². The van der Waals surface area contributed by atoms with Crippen LogP contribution in [0.15, 0.2) is 12.1 Å². The molecule has 6 heteroatoms. The van der Waals surface area contributed by atoms with E-state index in [4.69, 9.17) is 4.74 Å². The second kappa shape index (κ2) is 5.29. The Morgan fingerprint density at radius 3 is 2.69 bits per heavy atom. The average Bonchev–Trinajstić information content (AvgIpc) is 2.22. The lowest BCUT2D eigenvalue weighted by molar-refractivity contribution is 0.167. The van der Waals surface area contributed by atoms with Crippen molar-refractivity contribution in [3.63, 3.8) is 0 Å². The van der Waals surface area contributed by atoms with Crippen LogP contribution in [0.4, 0.5) is 19.3 Å². The van der Waals surface area contributed by atoms with E-state index in [1.165, 1.54) is 7.11 Å². The van der Waals surface area contributed by atoms with Crippen LogP contribution in [0.2, 0.25) is 0 Å². The van der Waals surface area contributed by atoms with Crippen molar-refractivity contribution in [3.05, 3.63) is 23.8 Å². The molecule has 1 N–H and O–H groups in total. The van der Waals surface area contributed by atoms with Gasteiger partial charge in [0, 0.05) is 12.1 Å². The number of ether oxygens (including phenoxy) is 2. The predicted molar refractivity (Wildman–Crippen MR) is 53.6 cm³/mol. The van der Waals surface area contributed by atoms with E-state index in [2.05, 4.69) is 10.1 Å². The molecular formula is C10H11F2NO3. The molecule has 0 aliphatic rings. The standard InChI is InChI=1S/C10H11F2NO3/c1-3-16-10(14)13-9-7(12)4-6(11)5-8(9)15-2/h4-5H,3H2,1-2H3,(H,13,14). The zero-order chi connectivity index (χ0) is 12.1. The smallest absolute Gasteiger partial charge is 0.411 e. The number of amides is 1. The van der Waals surface area contributed by atoms with Crippen LogP contribution >= 0.6 is 0 Å². The molecule has 4 nitrogen and oxygen atoms in total. The number of hydrogen-bond acceptors (Lipinski definition) is 3. The summed E-state index contributed by atoms with van der Waals surface area (Å²) in [6.07, 6.45) is -0.827. The fraction of sp³-hybridized carbons (Fsp3) is 0.300. The van der Waals surface area contributed by atoms with E-state index in [0.717, 1.165) is 6.07 Å². The van der Waals surface area contributed by atoms with Crippen LogP contribution in [0.25, 0.3) is 0 Å². The summed E-state index contributed by atoms with van der Waals surface area (Å²) in [7, 11) is 1.24. The van der Waals surface area contributed by atoms with Crippen molar-refractivity contribution in [3.8, 4) is 5.75 Å².